The van der Waals surface area contributed by atoms with Crippen molar-refractivity contribution in [3.63, 3.8) is 0 Å². The molecule has 0 aromatic heterocycles. The van der Waals surface area contributed by atoms with E-state index in [1.54, 1.807) is 0 Å². The highest BCUT2D eigenvalue weighted by atomic mass is 32.2. The number of carbonyl (C=O) groups excluding carboxylic acids is 1. The third kappa shape index (κ3) is 4.94. The highest BCUT2D eigenvalue weighted by Gasteiger charge is 2.26. The van der Waals surface area contributed by atoms with Crippen molar-refractivity contribution < 1.29 is 27.5 Å². The molecule has 20 heavy (non-hydrogen) atoms. The van der Waals surface area contributed by atoms with Crippen LogP contribution < -0.4 is 5.73 Å². The maximum absolute atomic E-state index is 12.7. The molecule has 0 heterocycles. The van der Waals surface area contributed by atoms with E-state index in [4.69, 9.17) is 10.8 Å². The second kappa shape index (κ2) is 6.44. The number of carboxylic acids is 1. The maximum Gasteiger partial charge on any atom is 0.318 e. The van der Waals surface area contributed by atoms with Gasteiger partial charge in [0, 0.05) is 0 Å². The number of amides is 1. The lowest BCUT2D eigenvalue weighted by atomic mass is 10.2. The molecule has 0 bridgehead atoms. The quantitative estimate of drug-likeness (QED) is 0.706. The molecule has 1 aromatic rings. The zero-order valence-electron chi connectivity index (χ0n) is 10.3. The molecule has 1 aromatic carbocycles. The molecule has 0 radical (unpaired) electrons. The smallest absolute Gasteiger partial charge is 0.318 e. The van der Waals surface area contributed by atoms with Crippen molar-refractivity contribution in [3.8, 4) is 0 Å². The first-order valence-electron chi connectivity index (χ1n) is 5.43. The summed E-state index contributed by atoms with van der Waals surface area (Å²) in [5, 5.41) is 8.65. The van der Waals surface area contributed by atoms with E-state index in [-0.39, 0.29) is 5.56 Å². The van der Waals surface area contributed by atoms with Crippen molar-refractivity contribution in [1.29, 1.82) is 0 Å². The highest BCUT2D eigenvalue weighted by Crippen LogP contribution is 2.11. The van der Waals surface area contributed by atoms with Crippen molar-refractivity contribution in [1.82, 2.24) is 4.31 Å². The van der Waals surface area contributed by atoms with Gasteiger partial charge in [-0.25, -0.2) is 12.8 Å². The third-order valence-electron chi connectivity index (χ3n) is 2.30. The van der Waals surface area contributed by atoms with Crippen LogP contribution in [0.15, 0.2) is 24.3 Å². The molecule has 0 aliphatic rings. The van der Waals surface area contributed by atoms with Crippen LogP contribution in [-0.2, 0) is 25.4 Å². The average molecular weight is 304 g/mol. The van der Waals surface area contributed by atoms with Crippen LogP contribution in [0.2, 0.25) is 0 Å². The molecule has 1 rings (SSSR count). The van der Waals surface area contributed by atoms with Crippen LogP contribution in [0, 0.1) is 5.82 Å². The van der Waals surface area contributed by atoms with E-state index in [2.05, 4.69) is 0 Å². The summed E-state index contributed by atoms with van der Waals surface area (Å²) in [7, 11) is -4.05. The van der Waals surface area contributed by atoms with Gasteiger partial charge in [0.2, 0.25) is 15.9 Å². The molecular weight excluding hydrogens is 291 g/mol. The largest absolute Gasteiger partial charge is 0.480 e. The van der Waals surface area contributed by atoms with Gasteiger partial charge in [-0.2, -0.15) is 4.31 Å². The molecule has 0 aliphatic carbocycles. The minimum Gasteiger partial charge on any atom is -0.480 e. The number of rotatable bonds is 7. The van der Waals surface area contributed by atoms with E-state index < -0.39 is 46.6 Å². The summed E-state index contributed by atoms with van der Waals surface area (Å²) in [5.41, 5.74) is 5.16. The van der Waals surface area contributed by atoms with E-state index in [0.717, 1.165) is 12.1 Å². The molecule has 0 spiro atoms. The summed E-state index contributed by atoms with van der Waals surface area (Å²) < 4.78 is 37.2. The van der Waals surface area contributed by atoms with Crippen molar-refractivity contribution in [3.05, 3.63) is 35.6 Å². The number of nitrogens with zero attached hydrogens (tertiary/aromatic N) is 1. The summed E-state index contributed by atoms with van der Waals surface area (Å²) in [5.74, 6) is -3.44. The van der Waals surface area contributed by atoms with Crippen LogP contribution in [0.3, 0.4) is 0 Å². The van der Waals surface area contributed by atoms with Gasteiger partial charge in [-0.05, 0) is 17.7 Å². The van der Waals surface area contributed by atoms with E-state index in [9.17, 15) is 22.4 Å². The first kappa shape index (κ1) is 16.1. The number of sulfonamides is 1. The topological polar surface area (TPSA) is 118 Å². The second-order valence-electron chi connectivity index (χ2n) is 4.01. The van der Waals surface area contributed by atoms with Gasteiger partial charge in [-0.3, -0.25) is 9.59 Å². The highest BCUT2D eigenvalue weighted by molar-refractivity contribution is 7.88. The molecule has 110 valence electrons. The Kier molecular flexibility index (Phi) is 5.17. The third-order valence-corrected chi connectivity index (χ3v) is 4.04. The van der Waals surface area contributed by atoms with Crippen LogP contribution in [0.4, 0.5) is 4.39 Å². The van der Waals surface area contributed by atoms with Gasteiger partial charge in [-0.1, -0.05) is 12.1 Å². The zero-order chi connectivity index (χ0) is 15.3. The lowest BCUT2D eigenvalue weighted by Crippen LogP contribution is -2.42. The number of carbonyl (C=O) groups is 2. The summed E-state index contributed by atoms with van der Waals surface area (Å²) in [6.07, 6.45) is 0. The monoisotopic (exact) mass is 304 g/mol. The molecule has 0 aliphatic heterocycles. The van der Waals surface area contributed by atoms with E-state index in [1.165, 1.54) is 12.1 Å². The van der Waals surface area contributed by atoms with Crippen molar-refractivity contribution in [2.24, 2.45) is 5.73 Å². The minimum atomic E-state index is -4.05. The Bertz CT molecular complexity index is 584. The van der Waals surface area contributed by atoms with E-state index in [1.807, 2.05) is 0 Å². The molecule has 7 nitrogen and oxygen atoms in total. The fourth-order valence-electron chi connectivity index (χ4n) is 1.46. The summed E-state index contributed by atoms with van der Waals surface area (Å²) in [6, 6.07) is 4.69. The fourth-order valence-corrected chi connectivity index (χ4v) is 2.89. The molecule has 9 heteroatoms. The first-order chi connectivity index (χ1) is 9.20. The van der Waals surface area contributed by atoms with Crippen LogP contribution in [0.25, 0.3) is 0 Å². The number of benzene rings is 1. The summed E-state index contributed by atoms with van der Waals surface area (Å²) >= 11 is 0. The predicted octanol–water partition coefficient (Wildman–Crippen LogP) is -0.473. The SMILES string of the molecule is NC(=O)CN(CC(=O)O)S(=O)(=O)Cc1ccc(F)cc1. The van der Waals surface area contributed by atoms with E-state index in [0.29, 0.717) is 4.31 Å². The second-order valence-corrected chi connectivity index (χ2v) is 5.98. The van der Waals surface area contributed by atoms with Crippen molar-refractivity contribution >= 4 is 21.9 Å². The molecule has 0 saturated heterocycles. The lowest BCUT2D eigenvalue weighted by Gasteiger charge is -2.18. The minimum absolute atomic E-state index is 0.270. The average Bonchev–Trinajstić information content (AvgIpc) is 2.30. The Morgan fingerprint density at radius 1 is 1.20 bits per heavy atom. The first-order valence-corrected chi connectivity index (χ1v) is 7.04. The number of halogens is 1. The zero-order valence-corrected chi connectivity index (χ0v) is 11.1. The Morgan fingerprint density at radius 2 is 1.75 bits per heavy atom. The van der Waals surface area contributed by atoms with Gasteiger partial charge in [-0.15, -0.1) is 0 Å². The van der Waals surface area contributed by atoms with Crippen molar-refractivity contribution in [2.45, 2.75) is 5.75 Å². The fraction of sp³-hybridized carbons (Fsp3) is 0.273. The van der Waals surface area contributed by atoms with Gasteiger partial charge in [0.25, 0.3) is 0 Å². The molecule has 1 amide bonds. The molecule has 0 atom stereocenters. The maximum atomic E-state index is 12.7. The summed E-state index contributed by atoms with van der Waals surface area (Å²) in [6.45, 7) is -1.59. The number of aliphatic carboxylic acids is 1. The van der Waals surface area contributed by atoms with Gasteiger partial charge >= 0.3 is 5.97 Å². The standard InChI is InChI=1S/C11H13FN2O5S/c12-9-3-1-8(2-4-9)7-20(18,19)14(5-10(13)15)6-11(16)17/h1-4H,5-7H2,(H2,13,15)(H,16,17). The normalized spacial score (nSPS) is 11.5. The number of carboxylic acid groups (broad SMARTS) is 1. The van der Waals surface area contributed by atoms with Crippen LogP contribution in [-0.4, -0.2) is 42.8 Å². The lowest BCUT2D eigenvalue weighted by molar-refractivity contribution is -0.137. The van der Waals surface area contributed by atoms with Gasteiger partial charge in [0.15, 0.2) is 0 Å². The molecule has 0 unspecified atom stereocenters. The molecular formula is C11H13FN2O5S. The van der Waals surface area contributed by atoms with E-state index >= 15 is 0 Å². The molecule has 0 fully saturated rings. The Hall–Kier alpha value is -2.00. The van der Waals surface area contributed by atoms with Gasteiger partial charge in [0.05, 0.1) is 12.3 Å². The van der Waals surface area contributed by atoms with Crippen molar-refractivity contribution in [2.75, 3.05) is 13.1 Å². The van der Waals surface area contributed by atoms with Crippen LogP contribution in [0.5, 0.6) is 0 Å². The van der Waals surface area contributed by atoms with Crippen LogP contribution >= 0.6 is 0 Å². The predicted molar refractivity (Wildman–Crippen MR) is 67.4 cm³/mol. The summed E-state index contributed by atoms with van der Waals surface area (Å²) in [4.78, 5) is 21.4. The Morgan fingerprint density at radius 3 is 2.20 bits per heavy atom. The van der Waals surface area contributed by atoms with Crippen LogP contribution in [0.1, 0.15) is 5.56 Å². The molecule has 0 saturated carbocycles. The molecule has 3 N–H and O–H groups in total. The van der Waals surface area contributed by atoms with Gasteiger partial charge in [0.1, 0.15) is 12.4 Å². The number of hydrogen-bond donors (Lipinski definition) is 2. The number of hydrogen-bond acceptors (Lipinski definition) is 4. The van der Waals surface area contributed by atoms with Gasteiger partial charge < -0.3 is 10.8 Å². The number of nitrogens with two attached hydrogens (primary N) is 1. The number of primary amides is 1. The Balaban J connectivity index is 2.94. The Labute approximate surface area is 114 Å².